The van der Waals surface area contributed by atoms with E-state index in [1.54, 1.807) is 0 Å². The van der Waals surface area contributed by atoms with Crippen LogP contribution in [0.5, 0.6) is 0 Å². The summed E-state index contributed by atoms with van der Waals surface area (Å²) in [6.45, 7) is 0.975. The van der Waals surface area contributed by atoms with Crippen molar-refractivity contribution in [1.82, 2.24) is 4.72 Å². The van der Waals surface area contributed by atoms with Crippen LogP contribution in [0.3, 0.4) is 0 Å². The molecule has 0 radical (unpaired) electrons. The highest BCUT2D eigenvalue weighted by atomic mass is 32.2. The number of hydrogen-bond acceptors (Lipinski definition) is 3. The molecule has 0 saturated heterocycles. The molecule has 1 aromatic rings. The summed E-state index contributed by atoms with van der Waals surface area (Å²) in [5, 5.41) is 9.06. The topological polar surface area (TPSA) is 66.4 Å². The van der Waals surface area contributed by atoms with E-state index in [-0.39, 0.29) is 22.1 Å². The molecular weight excluding hydrogens is 269 g/mol. The van der Waals surface area contributed by atoms with Gasteiger partial charge in [-0.2, -0.15) is 0 Å². The molecule has 2 N–H and O–H groups in total. The van der Waals surface area contributed by atoms with Gasteiger partial charge in [0.2, 0.25) is 10.0 Å². The first-order chi connectivity index (χ1) is 8.94. The Morgan fingerprint density at radius 2 is 2.00 bits per heavy atom. The number of aryl methyl sites for hydroxylation is 1. The zero-order valence-electron chi connectivity index (χ0n) is 10.8. The summed E-state index contributed by atoms with van der Waals surface area (Å²) in [5.74, 6) is -0.553. The number of hydrogen-bond donors (Lipinski definition) is 2. The first-order valence-corrected chi connectivity index (χ1v) is 7.84. The Kier molecular flexibility index (Phi) is 4.23. The minimum Gasteiger partial charge on any atom is -0.392 e. The van der Waals surface area contributed by atoms with Crippen LogP contribution in [0.1, 0.15) is 36.8 Å². The molecule has 0 amide bonds. The van der Waals surface area contributed by atoms with Gasteiger partial charge in [-0.3, -0.25) is 0 Å². The quantitative estimate of drug-likeness (QED) is 0.888. The number of halogens is 1. The molecule has 2 rings (SSSR count). The van der Waals surface area contributed by atoms with Gasteiger partial charge in [-0.15, -0.1) is 0 Å². The van der Waals surface area contributed by atoms with Gasteiger partial charge in [-0.25, -0.2) is 17.5 Å². The Hall–Kier alpha value is -0.980. The maximum atomic E-state index is 13.6. The van der Waals surface area contributed by atoms with Crippen LogP contribution in [0.25, 0.3) is 0 Å². The Morgan fingerprint density at radius 1 is 1.37 bits per heavy atom. The molecular formula is C13H18FNO3S. The van der Waals surface area contributed by atoms with Crippen molar-refractivity contribution in [2.24, 2.45) is 0 Å². The second-order valence-corrected chi connectivity index (χ2v) is 6.69. The average molecular weight is 287 g/mol. The lowest BCUT2D eigenvalue weighted by Crippen LogP contribution is -2.32. The summed E-state index contributed by atoms with van der Waals surface area (Å²) >= 11 is 0. The summed E-state index contributed by atoms with van der Waals surface area (Å²) < 4.78 is 40.6. The molecule has 1 aliphatic carbocycles. The summed E-state index contributed by atoms with van der Waals surface area (Å²) in [6, 6.07) is 2.46. The number of aliphatic hydroxyl groups excluding tert-OH is 1. The Balaban J connectivity index is 2.31. The minimum atomic E-state index is -3.64. The normalized spacial score (nSPS) is 17.0. The van der Waals surface area contributed by atoms with Gasteiger partial charge in [-0.05, 0) is 37.5 Å². The molecule has 1 aromatic carbocycles. The van der Waals surface area contributed by atoms with Crippen molar-refractivity contribution >= 4 is 10.0 Å². The highest BCUT2D eigenvalue weighted by Gasteiger charge is 2.24. The van der Waals surface area contributed by atoms with Gasteiger partial charge >= 0.3 is 0 Å². The number of nitrogens with one attached hydrogen (secondary N) is 1. The second kappa shape index (κ2) is 5.56. The van der Waals surface area contributed by atoms with Crippen LogP contribution in [0.2, 0.25) is 0 Å². The van der Waals surface area contributed by atoms with Crippen LogP contribution >= 0.6 is 0 Å². The van der Waals surface area contributed by atoms with E-state index in [2.05, 4.69) is 4.72 Å². The average Bonchev–Trinajstić information content (AvgIpc) is 2.84. The Morgan fingerprint density at radius 3 is 2.58 bits per heavy atom. The molecule has 0 aromatic heterocycles. The molecule has 0 heterocycles. The van der Waals surface area contributed by atoms with Crippen molar-refractivity contribution in [3.63, 3.8) is 0 Å². The van der Waals surface area contributed by atoms with Crippen molar-refractivity contribution in [3.8, 4) is 0 Å². The SMILES string of the molecule is Cc1cc(S(=O)(=O)NC2CCCC2)cc(CO)c1F. The van der Waals surface area contributed by atoms with Crippen LogP contribution in [0.15, 0.2) is 17.0 Å². The van der Waals surface area contributed by atoms with Crippen molar-refractivity contribution in [1.29, 1.82) is 0 Å². The van der Waals surface area contributed by atoms with E-state index in [1.165, 1.54) is 19.1 Å². The molecule has 0 unspecified atom stereocenters. The lowest BCUT2D eigenvalue weighted by atomic mass is 10.1. The van der Waals surface area contributed by atoms with E-state index >= 15 is 0 Å². The molecule has 0 spiro atoms. The Bertz CT molecular complexity index is 565. The second-order valence-electron chi connectivity index (χ2n) is 4.97. The van der Waals surface area contributed by atoms with Crippen molar-refractivity contribution in [2.45, 2.75) is 50.2 Å². The molecule has 1 fully saturated rings. The monoisotopic (exact) mass is 287 g/mol. The van der Waals surface area contributed by atoms with E-state index in [9.17, 15) is 12.8 Å². The lowest BCUT2D eigenvalue weighted by molar-refractivity contribution is 0.275. The summed E-state index contributed by atoms with van der Waals surface area (Å²) in [4.78, 5) is 0.0161. The van der Waals surface area contributed by atoms with Crippen LogP contribution in [0.4, 0.5) is 4.39 Å². The fourth-order valence-electron chi connectivity index (χ4n) is 2.41. The van der Waals surface area contributed by atoms with Crippen molar-refractivity contribution in [2.75, 3.05) is 0 Å². The van der Waals surface area contributed by atoms with Crippen LogP contribution in [-0.4, -0.2) is 19.6 Å². The highest BCUT2D eigenvalue weighted by Crippen LogP contribution is 2.23. The number of aliphatic hydroxyl groups is 1. The highest BCUT2D eigenvalue weighted by molar-refractivity contribution is 7.89. The van der Waals surface area contributed by atoms with Gasteiger partial charge in [0.05, 0.1) is 11.5 Å². The third-order valence-corrected chi connectivity index (χ3v) is 4.96. The van der Waals surface area contributed by atoms with Gasteiger partial charge in [0.25, 0.3) is 0 Å². The van der Waals surface area contributed by atoms with Gasteiger partial charge in [0.15, 0.2) is 0 Å². The van der Waals surface area contributed by atoms with Gasteiger partial charge in [0.1, 0.15) is 5.82 Å². The molecule has 19 heavy (non-hydrogen) atoms. The molecule has 0 atom stereocenters. The largest absolute Gasteiger partial charge is 0.392 e. The predicted molar refractivity (Wildman–Crippen MR) is 69.6 cm³/mol. The van der Waals surface area contributed by atoms with E-state index in [0.29, 0.717) is 0 Å². The number of sulfonamides is 1. The molecule has 0 bridgehead atoms. The van der Waals surface area contributed by atoms with Gasteiger partial charge in [-0.1, -0.05) is 12.8 Å². The first kappa shape index (κ1) is 14.4. The van der Waals surface area contributed by atoms with Crippen molar-refractivity contribution < 1.29 is 17.9 Å². The fraction of sp³-hybridized carbons (Fsp3) is 0.538. The van der Waals surface area contributed by atoms with E-state index in [0.717, 1.165) is 25.7 Å². The summed E-state index contributed by atoms with van der Waals surface area (Å²) in [5.41, 5.74) is 0.227. The van der Waals surface area contributed by atoms with Gasteiger partial charge in [0, 0.05) is 11.6 Å². The zero-order valence-corrected chi connectivity index (χ0v) is 11.6. The molecule has 4 nitrogen and oxygen atoms in total. The molecule has 0 aliphatic heterocycles. The fourth-order valence-corrected chi connectivity index (χ4v) is 3.85. The number of rotatable bonds is 4. The summed E-state index contributed by atoms with van der Waals surface area (Å²) in [7, 11) is -3.64. The first-order valence-electron chi connectivity index (χ1n) is 6.36. The third-order valence-electron chi connectivity index (χ3n) is 3.46. The predicted octanol–water partition coefficient (Wildman–Crippen LogP) is 1.85. The molecule has 1 aliphatic rings. The number of benzene rings is 1. The standard InChI is InChI=1S/C13H18FNO3S/c1-9-6-12(7-10(8-16)13(9)14)19(17,18)15-11-4-2-3-5-11/h6-7,11,15-16H,2-5,8H2,1H3. The van der Waals surface area contributed by atoms with Crippen LogP contribution in [0, 0.1) is 12.7 Å². The minimum absolute atomic E-state index is 0.00629. The van der Waals surface area contributed by atoms with Crippen LogP contribution < -0.4 is 4.72 Å². The van der Waals surface area contributed by atoms with Crippen LogP contribution in [-0.2, 0) is 16.6 Å². The van der Waals surface area contributed by atoms with Gasteiger partial charge < -0.3 is 5.11 Å². The smallest absolute Gasteiger partial charge is 0.240 e. The summed E-state index contributed by atoms with van der Waals surface area (Å²) in [6.07, 6.45) is 3.73. The Labute approximate surface area is 112 Å². The molecule has 106 valence electrons. The molecule has 1 saturated carbocycles. The molecule has 6 heteroatoms. The third kappa shape index (κ3) is 3.13. The van der Waals surface area contributed by atoms with E-state index in [4.69, 9.17) is 5.11 Å². The van der Waals surface area contributed by atoms with E-state index in [1.807, 2.05) is 0 Å². The maximum absolute atomic E-state index is 13.6. The van der Waals surface area contributed by atoms with E-state index < -0.39 is 22.4 Å². The maximum Gasteiger partial charge on any atom is 0.240 e. The van der Waals surface area contributed by atoms with Crippen molar-refractivity contribution in [3.05, 3.63) is 29.1 Å². The zero-order chi connectivity index (χ0) is 14.0. The lowest BCUT2D eigenvalue weighted by Gasteiger charge is -2.14.